The average Bonchev–Trinajstić information content (AvgIpc) is 3.15. The Morgan fingerprint density at radius 3 is 2.70 bits per heavy atom. The molecular weight excluding hydrogens is 368 g/mol. The van der Waals surface area contributed by atoms with E-state index in [1.54, 1.807) is 12.3 Å². The van der Waals surface area contributed by atoms with E-state index in [9.17, 15) is 9.59 Å². The second kappa shape index (κ2) is 8.57. The summed E-state index contributed by atoms with van der Waals surface area (Å²) in [5.74, 6) is 0.442. The van der Waals surface area contributed by atoms with E-state index in [0.717, 1.165) is 24.8 Å². The number of esters is 1. The van der Waals surface area contributed by atoms with Gasteiger partial charge >= 0.3 is 5.97 Å². The third-order valence-electron chi connectivity index (χ3n) is 4.92. The first kappa shape index (κ1) is 19.4. The summed E-state index contributed by atoms with van der Waals surface area (Å²) in [5, 5.41) is 3.48. The molecule has 1 aromatic carbocycles. The summed E-state index contributed by atoms with van der Waals surface area (Å²) < 4.78 is 10.6. The number of ether oxygens (including phenoxy) is 1. The van der Waals surface area contributed by atoms with Crippen LogP contribution in [0.1, 0.15) is 44.4 Å². The van der Waals surface area contributed by atoms with Gasteiger partial charge in [-0.25, -0.2) is 9.78 Å². The number of amides is 1. The Bertz CT molecular complexity index is 812. The zero-order valence-corrected chi connectivity index (χ0v) is 16.1. The summed E-state index contributed by atoms with van der Waals surface area (Å²) in [7, 11) is 1.36. The summed E-state index contributed by atoms with van der Waals surface area (Å²) in [6.45, 7) is 0. The minimum atomic E-state index is -0.899. The number of nitrogens with one attached hydrogen (secondary N) is 1. The largest absolute Gasteiger partial charge is 0.467 e. The van der Waals surface area contributed by atoms with Crippen LogP contribution in [0.15, 0.2) is 34.9 Å². The highest BCUT2D eigenvalue weighted by atomic mass is 35.5. The van der Waals surface area contributed by atoms with Crippen molar-refractivity contribution in [3.05, 3.63) is 41.4 Å². The molecule has 1 heterocycles. The number of carbonyl (C=O) groups is 2. The Morgan fingerprint density at radius 2 is 2.00 bits per heavy atom. The molecule has 0 spiro atoms. The molecule has 1 saturated carbocycles. The van der Waals surface area contributed by atoms with Crippen molar-refractivity contribution >= 4 is 23.5 Å². The van der Waals surface area contributed by atoms with Gasteiger partial charge in [-0.15, -0.1) is 0 Å². The van der Waals surface area contributed by atoms with Crippen LogP contribution in [0.5, 0.6) is 0 Å². The van der Waals surface area contributed by atoms with Gasteiger partial charge in [0.05, 0.1) is 18.3 Å². The summed E-state index contributed by atoms with van der Waals surface area (Å²) in [6, 6.07) is 7.34. The molecule has 1 aliphatic carbocycles. The number of hydrogen-bond acceptors (Lipinski definition) is 5. The Kier molecular flexibility index (Phi) is 6.16. The Morgan fingerprint density at radius 1 is 1.26 bits per heavy atom. The summed E-state index contributed by atoms with van der Waals surface area (Å²) in [4.78, 5) is 28.9. The molecular formula is C20H23ClN2O4. The van der Waals surface area contributed by atoms with Crippen molar-refractivity contribution in [3.63, 3.8) is 0 Å². The molecule has 7 heteroatoms. The molecule has 3 rings (SSSR count). The van der Waals surface area contributed by atoms with Crippen LogP contribution in [0, 0.1) is 0 Å². The zero-order chi connectivity index (χ0) is 19.3. The molecule has 6 nitrogen and oxygen atoms in total. The van der Waals surface area contributed by atoms with Crippen LogP contribution in [0.4, 0.5) is 0 Å². The Labute approximate surface area is 163 Å². The zero-order valence-electron chi connectivity index (χ0n) is 15.3. The fourth-order valence-corrected chi connectivity index (χ4v) is 3.72. The number of aryl methyl sites for hydroxylation is 1. The standard InChI is InChI=1S/C20H23ClN2O4/c1-26-19(25)20(11-5-2-6-12-20)23-17(24)9-10-18-22-13-16(27-18)14-7-3-4-8-15(14)21/h3-4,7-8,13H,2,5-6,9-12H2,1H3,(H,23,24). The first-order valence-electron chi connectivity index (χ1n) is 9.13. The lowest BCUT2D eigenvalue weighted by Gasteiger charge is -2.35. The fraction of sp³-hybridized carbons (Fsp3) is 0.450. The van der Waals surface area contributed by atoms with Gasteiger partial charge in [-0.05, 0) is 25.0 Å². The van der Waals surface area contributed by atoms with Gasteiger partial charge in [-0.1, -0.05) is 43.0 Å². The van der Waals surface area contributed by atoms with E-state index in [1.165, 1.54) is 7.11 Å². The van der Waals surface area contributed by atoms with Crippen LogP contribution in [-0.2, 0) is 20.7 Å². The number of nitrogens with zero attached hydrogens (tertiary/aromatic N) is 1. The van der Waals surface area contributed by atoms with Gasteiger partial charge in [-0.2, -0.15) is 0 Å². The van der Waals surface area contributed by atoms with E-state index >= 15 is 0 Å². The van der Waals surface area contributed by atoms with E-state index in [-0.39, 0.29) is 18.3 Å². The molecule has 0 aliphatic heterocycles. The molecule has 0 bridgehead atoms. The Balaban J connectivity index is 1.61. The molecule has 1 N–H and O–H groups in total. The second-order valence-electron chi connectivity index (χ2n) is 6.78. The number of methoxy groups -OCH3 is 1. The quantitative estimate of drug-likeness (QED) is 0.756. The summed E-state index contributed by atoms with van der Waals surface area (Å²) in [6.07, 6.45) is 6.21. The van der Waals surface area contributed by atoms with Gasteiger partial charge in [0.1, 0.15) is 5.54 Å². The van der Waals surface area contributed by atoms with E-state index in [0.29, 0.717) is 35.9 Å². The van der Waals surface area contributed by atoms with Gasteiger partial charge in [0.15, 0.2) is 11.7 Å². The number of benzene rings is 1. The highest BCUT2D eigenvalue weighted by Crippen LogP contribution is 2.30. The van der Waals surface area contributed by atoms with Crippen LogP contribution in [0.25, 0.3) is 11.3 Å². The van der Waals surface area contributed by atoms with Crippen molar-refractivity contribution in [1.82, 2.24) is 10.3 Å². The smallest absolute Gasteiger partial charge is 0.331 e. The van der Waals surface area contributed by atoms with Gasteiger partial charge < -0.3 is 14.5 Å². The van der Waals surface area contributed by atoms with Crippen LogP contribution < -0.4 is 5.32 Å². The molecule has 1 aromatic heterocycles. The lowest BCUT2D eigenvalue weighted by molar-refractivity contribution is -0.152. The van der Waals surface area contributed by atoms with E-state index < -0.39 is 5.54 Å². The van der Waals surface area contributed by atoms with Crippen molar-refractivity contribution in [2.24, 2.45) is 0 Å². The normalized spacial score (nSPS) is 15.9. The molecule has 1 aliphatic rings. The van der Waals surface area contributed by atoms with Crippen molar-refractivity contribution < 1.29 is 18.7 Å². The van der Waals surface area contributed by atoms with Crippen LogP contribution in [-0.4, -0.2) is 29.5 Å². The first-order valence-corrected chi connectivity index (χ1v) is 9.51. The molecule has 0 saturated heterocycles. The molecule has 0 radical (unpaired) electrons. The minimum Gasteiger partial charge on any atom is -0.467 e. The van der Waals surface area contributed by atoms with Crippen molar-refractivity contribution in [1.29, 1.82) is 0 Å². The predicted molar refractivity (Wildman–Crippen MR) is 101 cm³/mol. The lowest BCUT2D eigenvalue weighted by Crippen LogP contribution is -2.56. The second-order valence-corrected chi connectivity index (χ2v) is 7.19. The predicted octanol–water partition coefficient (Wildman–Crippen LogP) is 3.92. The van der Waals surface area contributed by atoms with Crippen LogP contribution >= 0.6 is 11.6 Å². The van der Waals surface area contributed by atoms with Crippen LogP contribution in [0.3, 0.4) is 0 Å². The maximum absolute atomic E-state index is 12.4. The molecule has 1 amide bonds. The third kappa shape index (κ3) is 4.50. The first-order chi connectivity index (χ1) is 13.0. The maximum atomic E-state index is 12.4. The van der Waals surface area contributed by atoms with Crippen molar-refractivity contribution in [2.45, 2.75) is 50.5 Å². The monoisotopic (exact) mass is 390 g/mol. The average molecular weight is 391 g/mol. The van der Waals surface area contributed by atoms with Gasteiger partial charge in [0.2, 0.25) is 5.91 Å². The lowest BCUT2D eigenvalue weighted by atomic mass is 9.81. The number of aromatic nitrogens is 1. The van der Waals surface area contributed by atoms with Gasteiger partial charge in [0.25, 0.3) is 0 Å². The molecule has 0 unspecified atom stereocenters. The topological polar surface area (TPSA) is 81.4 Å². The maximum Gasteiger partial charge on any atom is 0.331 e. The summed E-state index contributed by atoms with van der Waals surface area (Å²) in [5.41, 5.74) is -0.141. The van der Waals surface area contributed by atoms with Gasteiger partial charge in [0, 0.05) is 18.4 Å². The fourth-order valence-electron chi connectivity index (χ4n) is 3.49. The van der Waals surface area contributed by atoms with E-state index in [4.69, 9.17) is 20.8 Å². The van der Waals surface area contributed by atoms with E-state index in [1.807, 2.05) is 18.2 Å². The molecule has 0 atom stereocenters. The number of rotatable bonds is 6. The third-order valence-corrected chi connectivity index (χ3v) is 5.25. The number of carbonyl (C=O) groups excluding carboxylic acids is 2. The van der Waals surface area contributed by atoms with Gasteiger partial charge in [-0.3, -0.25) is 4.79 Å². The highest BCUT2D eigenvalue weighted by Gasteiger charge is 2.41. The molecule has 1 fully saturated rings. The van der Waals surface area contributed by atoms with Crippen molar-refractivity contribution in [3.8, 4) is 11.3 Å². The number of halogens is 1. The SMILES string of the molecule is COC(=O)C1(NC(=O)CCc2ncc(-c3ccccc3Cl)o2)CCCCC1. The van der Waals surface area contributed by atoms with Crippen LogP contribution in [0.2, 0.25) is 5.02 Å². The number of hydrogen-bond donors (Lipinski definition) is 1. The molecule has 27 heavy (non-hydrogen) atoms. The van der Waals surface area contributed by atoms with E-state index in [2.05, 4.69) is 10.3 Å². The molecule has 144 valence electrons. The highest BCUT2D eigenvalue weighted by molar-refractivity contribution is 6.33. The van der Waals surface area contributed by atoms with Crippen molar-refractivity contribution in [2.75, 3.05) is 7.11 Å². The number of oxazole rings is 1. The Hall–Kier alpha value is -2.34. The molecule has 2 aromatic rings. The summed E-state index contributed by atoms with van der Waals surface area (Å²) >= 11 is 6.17. The minimum absolute atomic E-state index is 0.182.